The zero-order chi connectivity index (χ0) is 20.1. The Hall–Kier alpha value is 0.326. The van der Waals surface area contributed by atoms with E-state index >= 15 is 0 Å². The number of carbonyl (C=O) groups excluding carboxylic acids is 1. The second-order valence-corrected chi connectivity index (χ2v) is 9.58. The van der Waals surface area contributed by atoms with E-state index in [1.54, 1.807) is 12.1 Å². The molecule has 0 saturated carbocycles. The topological polar surface area (TPSA) is 78.5 Å². The van der Waals surface area contributed by atoms with Crippen LogP contribution in [0, 0.1) is 0 Å². The standard InChI is InChI=1S/C18H30ClN3O3S.K/c1-12(2)15-10-14(19)11-16(13(3)4)17(15)20-18(23)21-26(24,25)9-7-8-22(5)6;/h10-13H,7-9H2,1-6H3,(H2,20,21,23);. The van der Waals surface area contributed by atoms with E-state index in [1.165, 1.54) is 0 Å². The summed E-state index contributed by atoms with van der Waals surface area (Å²) in [6.45, 7) is 8.62. The van der Waals surface area contributed by atoms with Crippen LogP contribution in [0.2, 0.25) is 5.02 Å². The van der Waals surface area contributed by atoms with Crippen LogP contribution in [-0.4, -0.2) is 97.1 Å². The first-order valence-corrected chi connectivity index (χ1v) is 10.8. The Balaban J connectivity index is 0.00000676. The van der Waals surface area contributed by atoms with Gasteiger partial charge >= 0.3 is 6.03 Å². The predicted octanol–water partition coefficient (Wildman–Crippen LogP) is 3.61. The molecule has 2 amide bonds. The zero-order valence-electron chi connectivity index (χ0n) is 17.4. The minimum atomic E-state index is -3.69. The van der Waals surface area contributed by atoms with Crippen molar-refractivity contribution >= 4 is 84.7 Å². The number of rotatable bonds is 8. The van der Waals surface area contributed by atoms with Crippen molar-refractivity contribution in [2.75, 3.05) is 31.7 Å². The van der Waals surface area contributed by atoms with Gasteiger partial charge in [-0.15, -0.1) is 0 Å². The Morgan fingerprint density at radius 3 is 2.00 bits per heavy atom. The summed E-state index contributed by atoms with van der Waals surface area (Å²) in [5.41, 5.74) is 2.38. The van der Waals surface area contributed by atoms with Gasteiger partial charge in [0.15, 0.2) is 0 Å². The van der Waals surface area contributed by atoms with Crippen molar-refractivity contribution in [3.8, 4) is 0 Å². The van der Waals surface area contributed by atoms with Crippen molar-refractivity contribution < 1.29 is 13.2 Å². The maximum Gasteiger partial charge on any atom is 0.332 e. The molecule has 9 heteroatoms. The minimum Gasteiger partial charge on any atom is -0.309 e. The smallest absolute Gasteiger partial charge is 0.309 e. The number of urea groups is 1. The molecule has 1 rings (SSSR count). The summed E-state index contributed by atoms with van der Waals surface area (Å²) in [5.74, 6) is 0.143. The Kier molecular flexibility index (Phi) is 12.3. The Bertz CT molecular complexity index is 708. The second kappa shape index (κ2) is 12.1. The molecule has 0 aliphatic heterocycles. The molecular weight excluding hydrogens is 413 g/mol. The van der Waals surface area contributed by atoms with Gasteiger partial charge in [-0.25, -0.2) is 17.9 Å². The second-order valence-electron chi connectivity index (χ2n) is 7.30. The van der Waals surface area contributed by atoms with Gasteiger partial charge < -0.3 is 10.2 Å². The molecule has 1 aromatic rings. The van der Waals surface area contributed by atoms with Crippen LogP contribution in [0.1, 0.15) is 57.1 Å². The Morgan fingerprint density at radius 1 is 1.11 bits per heavy atom. The summed E-state index contributed by atoms with van der Waals surface area (Å²) < 4.78 is 26.3. The molecule has 0 bridgehead atoms. The molecule has 0 fully saturated rings. The van der Waals surface area contributed by atoms with E-state index in [2.05, 4.69) is 10.0 Å². The molecule has 0 atom stereocenters. The van der Waals surface area contributed by atoms with Gasteiger partial charge in [0.25, 0.3) is 0 Å². The van der Waals surface area contributed by atoms with Gasteiger partial charge in [0.2, 0.25) is 10.0 Å². The van der Waals surface area contributed by atoms with E-state index in [4.69, 9.17) is 11.6 Å². The maximum absolute atomic E-state index is 12.3. The molecule has 1 aromatic carbocycles. The quantitative estimate of drug-likeness (QED) is 0.603. The van der Waals surface area contributed by atoms with Crippen LogP contribution in [0.4, 0.5) is 10.5 Å². The molecular formula is C18H30ClKN3O3S. The fraction of sp³-hybridized carbons (Fsp3) is 0.611. The number of hydrogen-bond acceptors (Lipinski definition) is 4. The average Bonchev–Trinajstić information content (AvgIpc) is 2.46. The summed E-state index contributed by atoms with van der Waals surface area (Å²) in [6, 6.07) is 2.86. The van der Waals surface area contributed by atoms with Crippen molar-refractivity contribution in [3.63, 3.8) is 0 Å². The fourth-order valence-corrected chi connectivity index (χ4v) is 3.79. The predicted molar refractivity (Wildman–Crippen MR) is 114 cm³/mol. The van der Waals surface area contributed by atoms with Crippen molar-refractivity contribution in [2.24, 2.45) is 0 Å². The van der Waals surface area contributed by atoms with E-state index in [0.29, 0.717) is 23.7 Å². The molecule has 27 heavy (non-hydrogen) atoms. The molecule has 149 valence electrons. The van der Waals surface area contributed by atoms with Crippen molar-refractivity contribution in [1.29, 1.82) is 0 Å². The third-order valence-corrected chi connectivity index (χ3v) is 5.45. The van der Waals surface area contributed by atoms with Crippen LogP contribution in [0.25, 0.3) is 0 Å². The van der Waals surface area contributed by atoms with Crippen LogP contribution >= 0.6 is 11.6 Å². The maximum atomic E-state index is 12.3. The SMILES string of the molecule is CC(C)c1cc(Cl)cc(C(C)C)c1NC(=O)NS(=O)(=O)CCCN(C)C.[K]. The van der Waals surface area contributed by atoms with Gasteiger partial charge in [0, 0.05) is 62.1 Å². The van der Waals surface area contributed by atoms with Crippen LogP contribution in [0.5, 0.6) is 0 Å². The van der Waals surface area contributed by atoms with E-state index in [-0.39, 0.29) is 69.0 Å². The van der Waals surface area contributed by atoms with Gasteiger partial charge in [0.1, 0.15) is 0 Å². The van der Waals surface area contributed by atoms with Crippen molar-refractivity contribution in [2.45, 2.75) is 46.0 Å². The average molecular weight is 443 g/mol. The van der Waals surface area contributed by atoms with Gasteiger partial charge in [-0.05, 0) is 62.2 Å². The first kappa shape index (κ1) is 27.3. The van der Waals surface area contributed by atoms with E-state index in [1.807, 2.05) is 46.7 Å². The Morgan fingerprint density at radius 2 is 1.59 bits per heavy atom. The molecule has 0 spiro atoms. The van der Waals surface area contributed by atoms with Crippen molar-refractivity contribution in [3.05, 3.63) is 28.3 Å². The third-order valence-electron chi connectivity index (χ3n) is 3.91. The number of carbonyl (C=O) groups is 1. The number of hydrogen-bond donors (Lipinski definition) is 2. The van der Waals surface area contributed by atoms with Gasteiger partial charge in [-0.2, -0.15) is 0 Å². The van der Waals surface area contributed by atoms with Gasteiger partial charge in [0.05, 0.1) is 5.75 Å². The third kappa shape index (κ3) is 9.58. The van der Waals surface area contributed by atoms with Crippen LogP contribution < -0.4 is 10.0 Å². The van der Waals surface area contributed by atoms with Gasteiger partial charge in [-0.3, -0.25) is 0 Å². The molecule has 0 unspecified atom stereocenters. The van der Waals surface area contributed by atoms with E-state index in [9.17, 15) is 13.2 Å². The molecule has 0 aliphatic rings. The van der Waals surface area contributed by atoms with Gasteiger partial charge in [-0.1, -0.05) is 39.3 Å². The Labute approximate surface area is 211 Å². The summed E-state index contributed by atoms with van der Waals surface area (Å²) in [4.78, 5) is 14.2. The molecule has 0 aromatic heterocycles. The van der Waals surface area contributed by atoms with Crippen LogP contribution in [0.3, 0.4) is 0 Å². The molecule has 1 radical (unpaired) electrons. The first-order chi connectivity index (χ1) is 11.9. The summed E-state index contributed by atoms with van der Waals surface area (Å²) in [5, 5.41) is 3.32. The number of amides is 2. The number of nitrogens with zero attached hydrogens (tertiary/aromatic N) is 1. The number of nitrogens with one attached hydrogen (secondary N) is 2. The fourth-order valence-electron chi connectivity index (χ4n) is 2.61. The minimum absolute atomic E-state index is 0. The summed E-state index contributed by atoms with van der Waals surface area (Å²) >= 11 is 6.21. The normalized spacial score (nSPS) is 11.6. The number of benzene rings is 1. The molecule has 6 nitrogen and oxygen atoms in total. The largest absolute Gasteiger partial charge is 0.332 e. The van der Waals surface area contributed by atoms with Crippen LogP contribution in [0.15, 0.2) is 12.1 Å². The molecule has 0 aliphatic carbocycles. The van der Waals surface area contributed by atoms with E-state index < -0.39 is 16.1 Å². The molecule has 2 N–H and O–H groups in total. The summed E-state index contributed by atoms with van der Waals surface area (Å²) in [7, 11) is 0.0527. The molecule has 0 saturated heterocycles. The molecule has 0 heterocycles. The first-order valence-electron chi connectivity index (χ1n) is 8.72. The number of sulfonamides is 1. The monoisotopic (exact) mass is 442 g/mol. The number of anilines is 1. The van der Waals surface area contributed by atoms with Crippen molar-refractivity contribution in [1.82, 2.24) is 9.62 Å². The number of halogens is 1. The van der Waals surface area contributed by atoms with E-state index in [0.717, 1.165) is 11.1 Å². The summed E-state index contributed by atoms with van der Waals surface area (Å²) in [6.07, 6.45) is 0.449. The zero-order valence-corrected chi connectivity index (χ0v) is 22.1. The van der Waals surface area contributed by atoms with Crippen LogP contribution in [-0.2, 0) is 10.0 Å².